The smallest absolute Gasteiger partial charge is 0.416 e. The van der Waals surface area contributed by atoms with Crippen LogP contribution in [0.25, 0.3) is 0 Å². The molecule has 2 aromatic carbocycles. The molecule has 2 aromatic rings. The summed E-state index contributed by atoms with van der Waals surface area (Å²) < 4.78 is 44.8. The molecule has 1 heterocycles. The van der Waals surface area contributed by atoms with Gasteiger partial charge in [-0.1, -0.05) is 36.4 Å². The average molecular weight is 293 g/mol. The maximum Gasteiger partial charge on any atom is 0.416 e. The molecule has 2 nitrogen and oxygen atoms in total. The van der Waals surface area contributed by atoms with Crippen LogP contribution in [0.5, 0.6) is 5.75 Å². The molecular weight excluding hydrogens is 279 g/mol. The first-order chi connectivity index (χ1) is 9.98. The Morgan fingerprint density at radius 2 is 1.71 bits per heavy atom. The Balaban J connectivity index is 2.00. The summed E-state index contributed by atoms with van der Waals surface area (Å²) in [6, 6.07) is 12.0. The van der Waals surface area contributed by atoms with E-state index in [4.69, 9.17) is 10.5 Å². The Hall–Kier alpha value is -2.01. The van der Waals surface area contributed by atoms with E-state index >= 15 is 0 Å². The van der Waals surface area contributed by atoms with Crippen LogP contribution in [-0.4, -0.2) is 6.61 Å². The average Bonchev–Trinajstić information content (AvgIpc) is 2.89. The quantitative estimate of drug-likeness (QED) is 0.912. The van der Waals surface area contributed by atoms with E-state index in [0.29, 0.717) is 12.4 Å². The lowest BCUT2D eigenvalue weighted by Crippen LogP contribution is -2.24. The molecule has 0 amide bonds. The Morgan fingerprint density at radius 1 is 1.05 bits per heavy atom. The predicted molar refractivity (Wildman–Crippen MR) is 73.1 cm³/mol. The summed E-state index contributed by atoms with van der Waals surface area (Å²) in [5.41, 5.74) is 6.42. The molecule has 0 aliphatic carbocycles. The normalized spacial score (nSPS) is 19.0. The molecule has 0 radical (unpaired) electrons. The van der Waals surface area contributed by atoms with Gasteiger partial charge in [0.25, 0.3) is 0 Å². The summed E-state index contributed by atoms with van der Waals surface area (Å²) in [4.78, 5) is 0. The van der Waals surface area contributed by atoms with Crippen molar-refractivity contribution < 1.29 is 17.9 Å². The molecule has 1 aliphatic rings. The second kappa shape index (κ2) is 5.07. The summed E-state index contributed by atoms with van der Waals surface area (Å²) >= 11 is 0. The van der Waals surface area contributed by atoms with Crippen molar-refractivity contribution in [2.45, 2.75) is 18.1 Å². The van der Waals surface area contributed by atoms with E-state index in [1.54, 1.807) is 12.1 Å². The molecule has 110 valence electrons. The van der Waals surface area contributed by atoms with E-state index in [1.165, 1.54) is 12.1 Å². The minimum Gasteiger partial charge on any atom is -0.493 e. The Labute approximate surface area is 120 Å². The third-order valence-corrected chi connectivity index (χ3v) is 3.80. The van der Waals surface area contributed by atoms with E-state index in [9.17, 15) is 13.2 Å². The molecular formula is C16H14F3NO. The summed E-state index contributed by atoms with van der Waals surface area (Å²) in [5.74, 6) is 0.423. The largest absolute Gasteiger partial charge is 0.493 e. The number of fused-ring (bicyclic) bond motifs is 1. The minimum atomic E-state index is -4.41. The van der Waals surface area contributed by atoms with Crippen LogP contribution < -0.4 is 10.5 Å². The molecule has 21 heavy (non-hydrogen) atoms. The first-order valence-electron chi connectivity index (χ1n) is 6.62. The van der Waals surface area contributed by atoms with Gasteiger partial charge >= 0.3 is 6.18 Å². The van der Waals surface area contributed by atoms with Gasteiger partial charge in [-0.25, -0.2) is 0 Å². The summed E-state index contributed by atoms with van der Waals surface area (Å²) in [7, 11) is 0. The molecule has 2 N–H and O–H groups in total. The number of ether oxygens (including phenoxy) is 1. The maximum atomic E-state index is 13.1. The summed E-state index contributed by atoms with van der Waals surface area (Å²) in [5, 5.41) is 0. The van der Waals surface area contributed by atoms with Gasteiger partial charge in [-0.05, 0) is 17.7 Å². The number of rotatable bonds is 2. The van der Waals surface area contributed by atoms with Gasteiger partial charge in [0.2, 0.25) is 0 Å². The number of benzene rings is 2. The van der Waals surface area contributed by atoms with Crippen LogP contribution in [0.3, 0.4) is 0 Å². The van der Waals surface area contributed by atoms with Gasteiger partial charge in [-0.2, -0.15) is 13.2 Å². The standard InChI is InChI=1S/C16H14F3NO/c17-16(18,19)13-7-3-1-6-11(13)15(20)12-9-21-14-8-4-2-5-10(12)14/h1-8,12,15H,9,20H2. The van der Waals surface area contributed by atoms with Gasteiger partial charge in [0.15, 0.2) is 0 Å². The fraction of sp³-hybridized carbons (Fsp3) is 0.250. The van der Waals surface area contributed by atoms with Gasteiger partial charge < -0.3 is 10.5 Å². The van der Waals surface area contributed by atoms with Crippen LogP contribution >= 0.6 is 0 Å². The number of para-hydroxylation sites is 1. The topological polar surface area (TPSA) is 35.2 Å². The van der Waals surface area contributed by atoms with Gasteiger partial charge in [0.05, 0.1) is 12.2 Å². The Morgan fingerprint density at radius 3 is 2.48 bits per heavy atom. The fourth-order valence-corrected chi connectivity index (χ4v) is 2.75. The van der Waals surface area contributed by atoms with Crippen molar-refractivity contribution >= 4 is 0 Å². The molecule has 3 rings (SSSR count). The summed E-state index contributed by atoms with van der Waals surface area (Å²) in [6.45, 7) is 0.298. The first kappa shape index (κ1) is 13.9. The van der Waals surface area contributed by atoms with Crippen molar-refractivity contribution in [1.82, 2.24) is 0 Å². The van der Waals surface area contributed by atoms with Crippen molar-refractivity contribution in [3.8, 4) is 5.75 Å². The maximum absolute atomic E-state index is 13.1. The third kappa shape index (κ3) is 2.49. The first-order valence-corrected chi connectivity index (χ1v) is 6.62. The molecule has 5 heteroatoms. The van der Waals surface area contributed by atoms with E-state index in [2.05, 4.69) is 0 Å². The number of hydrogen-bond acceptors (Lipinski definition) is 2. The van der Waals surface area contributed by atoms with Crippen molar-refractivity contribution in [2.24, 2.45) is 5.73 Å². The highest BCUT2D eigenvalue weighted by atomic mass is 19.4. The Bertz CT molecular complexity index is 654. The van der Waals surface area contributed by atoms with Crippen LogP contribution in [0.2, 0.25) is 0 Å². The second-order valence-corrected chi connectivity index (χ2v) is 5.07. The fourth-order valence-electron chi connectivity index (χ4n) is 2.75. The predicted octanol–water partition coefficient (Wildman–Crippen LogP) is 3.88. The highest BCUT2D eigenvalue weighted by Gasteiger charge is 2.38. The van der Waals surface area contributed by atoms with Crippen LogP contribution in [-0.2, 0) is 6.18 Å². The molecule has 0 bridgehead atoms. The molecule has 0 aromatic heterocycles. The van der Waals surface area contributed by atoms with Crippen LogP contribution in [0.4, 0.5) is 13.2 Å². The number of alkyl halides is 3. The Kier molecular flexibility index (Phi) is 3.37. The second-order valence-electron chi connectivity index (χ2n) is 5.07. The van der Waals surface area contributed by atoms with E-state index in [0.717, 1.165) is 11.6 Å². The molecule has 0 saturated heterocycles. The zero-order valence-corrected chi connectivity index (χ0v) is 11.1. The monoisotopic (exact) mass is 293 g/mol. The highest BCUT2D eigenvalue weighted by molar-refractivity contribution is 5.43. The highest BCUT2D eigenvalue weighted by Crippen LogP contribution is 2.43. The lowest BCUT2D eigenvalue weighted by Gasteiger charge is -2.22. The van der Waals surface area contributed by atoms with Crippen molar-refractivity contribution in [2.75, 3.05) is 6.61 Å². The van der Waals surface area contributed by atoms with Crippen LogP contribution in [0, 0.1) is 0 Å². The van der Waals surface area contributed by atoms with Gasteiger partial charge in [0, 0.05) is 17.5 Å². The number of nitrogens with two attached hydrogens (primary N) is 1. The van der Waals surface area contributed by atoms with Gasteiger partial charge in [-0.15, -0.1) is 0 Å². The zero-order valence-electron chi connectivity index (χ0n) is 11.1. The number of halogens is 3. The van der Waals surface area contributed by atoms with Crippen molar-refractivity contribution in [3.05, 3.63) is 65.2 Å². The molecule has 0 saturated carbocycles. The van der Waals surface area contributed by atoms with Crippen molar-refractivity contribution in [1.29, 1.82) is 0 Å². The number of hydrogen-bond donors (Lipinski definition) is 1. The van der Waals surface area contributed by atoms with Gasteiger partial charge in [0.1, 0.15) is 5.75 Å². The minimum absolute atomic E-state index is 0.107. The molecule has 0 fully saturated rings. The lowest BCUT2D eigenvalue weighted by atomic mass is 9.87. The lowest BCUT2D eigenvalue weighted by molar-refractivity contribution is -0.138. The third-order valence-electron chi connectivity index (χ3n) is 3.80. The summed E-state index contributed by atoms with van der Waals surface area (Å²) in [6.07, 6.45) is -4.41. The molecule has 1 aliphatic heterocycles. The SMILES string of the molecule is NC(c1ccccc1C(F)(F)F)C1COc2ccccc21. The van der Waals surface area contributed by atoms with E-state index in [-0.39, 0.29) is 11.5 Å². The van der Waals surface area contributed by atoms with Crippen LogP contribution in [0.15, 0.2) is 48.5 Å². The molecule has 2 atom stereocenters. The van der Waals surface area contributed by atoms with E-state index in [1.807, 2.05) is 18.2 Å². The zero-order chi connectivity index (χ0) is 15.0. The van der Waals surface area contributed by atoms with Crippen molar-refractivity contribution in [3.63, 3.8) is 0 Å². The van der Waals surface area contributed by atoms with Gasteiger partial charge in [-0.3, -0.25) is 0 Å². The van der Waals surface area contributed by atoms with Crippen LogP contribution in [0.1, 0.15) is 28.7 Å². The molecule has 2 unspecified atom stereocenters. The molecule has 0 spiro atoms. The van der Waals surface area contributed by atoms with E-state index < -0.39 is 17.8 Å².